The van der Waals surface area contributed by atoms with Gasteiger partial charge >= 0.3 is 0 Å². The molecule has 3 heteroatoms. The summed E-state index contributed by atoms with van der Waals surface area (Å²) in [6.45, 7) is 0.606. The van der Waals surface area contributed by atoms with Gasteiger partial charge in [-0.1, -0.05) is 18.2 Å². The quantitative estimate of drug-likeness (QED) is 0.805. The second-order valence-corrected chi connectivity index (χ2v) is 4.38. The normalized spacial score (nSPS) is 9.69. The van der Waals surface area contributed by atoms with Gasteiger partial charge in [0, 0.05) is 4.88 Å². The Morgan fingerprint density at radius 3 is 2.62 bits per heavy atom. The molecule has 0 atom stereocenters. The van der Waals surface area contributed by atoms with E-state index in [-0.39, 0.29) is 0 Å². The Balaban J connectivity index is 1.93. The summed E-state index contributed by atoms with van der Waals surface area (Å²) in [6, 6.07) is 13.8. The number of nitrogens with zero attached hydrogens (tertiary/aromatic N) is 1. The molecule has 0 aliphatic rings. The highest BCUT2D eigenvalue weighted by Crippen LogP contribution is 2.16. The van der Waals surface area contributed by atoms with Crippen molar-refractivity contribution in [2.75, 3.05) is 0 Å². The van der Waals surface area contributed by atoms with Crippen molar-refractivity contribution in [2.24, 2.45) is 0 Å². The summed E-state index contributed by atoms with van der Waals surface area (Å²) in [5.74, 6) is 0.843. The van der Waals surface area contributed by atoms with Crippen LogP contribution in [-0.4, -0.2) is 0 Å². The van der Waals surface area contributed by atoms with Gasteiger partial charge in [-0.05, 0) is 29.1 Å². The minimum atomic E-state index is 0.450. The predicted molar refractivity (Wildman–Crippen MR) is 64.4 cm³/mol. The maximum absolute atomic E-state index is 8.54. The van der Waals surface area contributed by atoms with Gasteiger partial charge in [-0.15, -0.1) is 11.3 Å². The molecule has 1 heterocycles. The lowest BCUT2D eigenvalue weighted by molar-refractivity contribution is 0.310. The average molecular weight is 229 g/mol. The Hall–Kier alpha value is -1.79. The molecule has 0 unspecified atom stereocenters. The zero-order valence-corrected chi connectivity index (χ0v) is 9.54. The minimum Gasteiger partial charge on any atom is -0.488 e. The van der Waals surface area contributed by atoms with Crippen LogP contribution in [-0.2, 0) is 13.0 Å². The van der Waals surface area contributed by atoms with Crippen molar-refractivity contribution in [1.29, 1.82) is 5.26 Å². The molecule has 80 valence electrons. The van der Waals surface area contributed by atoms with Crippen LogP contribution in [0.1, 0.15) is 10.4 Å². The van der Waals surface area contributed by atoms with Crippen molar-refractivity contribution in [3.63, 3.8) is 0 Å². The highest BCUT2D eigenvalue weighted by Gasteiger charge is 1.97. The number of hydrogen-bond acceptors (Lipinski definition) is 3. The lowest BCUT2D eigenvalue weighted by atomic mass is 10.2. The first-order valence-electron chi connectivity index (χ1n) is 4.99. The molecule has 0 amide bonds. The van der Waals surface area contributed by atoms with Gasteiger partial charge in [-0.2, -0.15) is 5.26 Å². The SMILES string of the molecule is N#CCc1ccc(OCc2cccs2)cc1. The van der Waals surface area contributed by atoms with Gasteiger partial charge in [0.1, 0.15) is 12.4 Å². The standard InChI is InChI=1S/C13H11NOS/c14-8-7-11-3-5-12(6-4-11)15-10-13-2-1-9-16-13/h1-6,9H,7,10H2. The van der Waals surface area contributed by atoms with E-state index in [9.17, 15) is 0 Å². The molecule has 2 aromatic rings. The van der Waals surface area contributed by atoms with Crippen LogP contribution in [0.4, 0.5) is 0 Å². The molecule has 0 bridgehead atoms. The van der Waals surface area contributed by atoms with E-state index in [0.29, 0.717) is 13.0 Å². The predicted octanol–water partition coefficient (Wildman–Crippen LogP) is 3.39. The van der Waals surface area contributed by atoms with Crippen LogP contribution in [0.5, 0.6) is 5.75 Å². The first kappa shape index (κ1) is 10.7. The third-order valence-corrected chi connectivity index (χ3v) is 3.02. The van der Waals surface area contributed by atoms with E-state index in [4.69, 9.17) is 10.00 Å². The smallest absolute Gasteiger partial charge is 0.122 e. The Kier molecular flexibility index (Phi) is 3.58. The number of thiophene rings is 1. The summed E-state index contributed by atoms with van der Waals surface area (Å²) < 4.78 is 5.61. The number of benzene rings is 1. The highest BCUT2D eigenvalue weighted by atomic mass is 32.1. The summed E-state index contributed by atoms with van der Waals surface area (Å²) >= 11 is 1.69. The van der Waals surface area contributed by atoms with E-state index >= 15 is 0 Å². The van der Waals surface area contributed by atoms with Crippen LogP contribution in [0.3, 0.4) is 0 Å². The molecule has 0 spiro atoms. The molecule has 1 aromatic carbocycles. The third-order valence-electron chi connectivity index (χ3n) is 2.17. The Labute approximate surface area is 98.7 Å². The zero-order chi connectivity index (χ0) is 11.2. The van der Waals surface area contributed by atoms with E-state index in [1.807, 2.05) is 35.7 Å². The molecule has 0 saturated carbocycles. The summed E-state index contributed by atoms with van der Waals surface area (Å²) in [4.78, 5) is 1.21. The van der Waals surface area contributed by atoms with E-state index in [2.05, 4.69) is 12.1 Å². The van der Waals surface area contributed by atoms with Crippen molar-refractivity contribution in [3.05, 3.63) is 52.2 Å². The van der Waals surface area contributed by atoms with Gasteiger partial charge in [0.2, 0.25) is 0 Å². The molecule has 0 saturated heterocycles. The fourth-order valence-corrected chi connectivity index (χ4v) is 1.96. The van der Waals surface area contributed by atoms with Gasteiger partial charge in [0.05, 0.1) is 12.5 Å². The van der Waals surface area contributed by atoms with Crippen LogP contribution in [0.15, 0.2) is 41.8 Å². The average Bonchev–Trinajstić information content (AvgIpc) is 2.82. The summed E-state index contributed by atoms with van der Waals surface area (Å²) in [5.41, 5.74) is 1.02. The number of ether oxygens (including phenoxy) is 1. The van der Waals surface area contributed by atoms with E-state index in [0.717, 1.165) is 11.3 Å². The van der Waals surface area contributed by atoms with Gasteiger partial charge in [-0.3, -0.25) is 0 Å². The number of hydrogen-bond donors (Lipinski definition) is 0. The molecule has 0 fully saturated rings. The molecule has 0 aliphatic heterocycles. The molecular formula is C13H11NOS. The lowest BCUT2D eigenvalue weighted by Gasteiger charge is -2.04. The van der Waals surface area contributed by atoms with Crippen LogP contribution >= 0.6 is 11.3 Å². The third kappa shape index (κ3) is 2.85. The maximum Gasteiger partial charge on any atom is 0.122 e. The van der Waals surface area contributed by atoms with Crippen molar-refractivity contribution in [1.82, 2.24) is 0 Å². The Bertz CT molecular complexity index is 468. The largest absolute Gasteiger partial charge is 0.488 e. The molecule has 1 aromatic heterocycles. The van der Waals surface area contributed by atoms with Crippen molar-refractivity contribution in [3.8, 4) is 11.8 Å². The van der Waals surface area contributed by atoms with Crippen LogP contribution in [0.25, 0.3) is 0 Å². The van der Waals surface area contributed by atoms with Gasteiger partial charge in [0.25, 0.3) is 0 Å². The first-order chi connectivity index (χ1) is 7.88. The molecule has 0 N–H and O–H groups in total. The molecule has 2 rings (SSSR count). The fourth-order valence-electron chi connectivity index (χ4n) is 1.34. The van der Waals surface area contributed by atoms with Crippen molar-refractivity contribution in [2.45, 2.75) is 13.0 Å². The van der Waals surface area contributed by atoms with Gasteiger partial charge in [0.15, 0.2) is 0 Å². The lowest BCUT2D eigenvalue weighted by Crippen LogP contribution is -1.92. The van der Waals surface area contributed by atoms with E-state index < -0.39 is 0 Å². The van der Waals surface area contributed by atoms with Crippen molar-refractivity contribution >= 4 is 11.3 Å². The molecular weight excluding hydrogens is 218 g/mol. The summed E-state index contributed by atoms with van der Waals surface area (Å²) in [5, 5.41) is 10.6. The Morgan fingerprint density at radius 1 is 1.19 bits per heavy atom. The molecule has 2 nitrogen and oxygen atoms in total. The number of rotatable bonds is 4. The minimum absolute atomic E-state index is 0.450. The molecule has 0 aliphatic carbocycles. The topological polar surface area (TPSA) is 33.0 Å². The van der Waals surface area contributed by atoms with Gasteiger partial charge < -0.3 is 4.74 Å². The highest BCUT2D eigenvalue weighted by molar-refractivity contribution is 7.09. The maximum atomic E-state index is 8.54. The van der Waals surface area contributed by atoms with E-state index in [1.54, 1.807) is 11.3 Å². The summed E-state index contributed by atoms with van der Waals surface area (Å²) in [7, 11) is 0. The van der Waals surface area contributed by atoms with Gasteiger partial charge in [-0.25, -0.2) is 0 Å². The molecule has 16 heavy (non-hydrogen) atoms. The monoisotopic (exact) mass is 229 g/mol. The zero-order valence-electron chi connectivity index (χ0n) is 8.72. The Morgan fingerprint density at radius 2 is 2.00 bits per heavy atom. The fraction of sp³-hybridized carbons (Fsp3) is 0.154. The van der Waals surface area contributed by atoms with Crippen molar-refractivity contribution < 1.29 is 4.74 Å². The first-order valence-corrected chi connectivity index (χ1v) is 5.87. The molecule has 0 radical (unpaired) electrons. The number of nitriles is 1. The second-order valence-electron chi connectivity index (χ2n) is 3.35. The van der Waals surface area contributed by atoms with Crippen LogP contribution in [0, 0.1) is 11.3 Å². The van der Waals surface area contributed by atoms with Crippen LogP contribution in [0.2, 0.25) is 0 Å². The second kappa shape index (κ2) is 5.34. The van der Waals surface area contributed by atoms with Crippen LogP contribution < -0.4 is 4.74 Å². The summed E-state index contributed by atoms with van der Waals surface area (Å²) in [6.07, 6.45) is 0.450. The van der Waals surface area contributed by atoms with E-state index in [1.165, 1.54) is 4.88 Å².